The molecular weight excluding hydrogens is 264 g/mol. The van der Waals surface area contributed by atoms with Gasteiger partial charge in [0, 0.05) is 23.4 Å². The van der Waals surface area contributed by atoms with E-state index in [0.717, 1.165) is 25.1 Å². The third-order valence-corrected chi connectivity index (χ3v) is 3.39. The highest BCUT2D eigenvalue weighted by Gasteiger charge is 2.29. The number of anilines is 1. The number of benzene rings is 1. The molecule has 1 aromatic rings. The molecule has 0 aromatic heterocycles. The highest BCUT2D eigenvalue weighted by atomic mass is 35.5. The molecular formula is C14H19ClN2O2. The van der Waals surface area contributed by atoms with Gasteiger partial charge >= 0.3 is 0 Å². The molecule has 2 N–H and O–H groups in total. The quantitative estimate of drug-likeness (QED) is 0.843. The van der Waals surface area contributed by atoms with E-state index in [1.165, 1.54) is 0 Å². The van der Waals surface area contributed by atoms with Crippen molar-refractivity contribution in [3.8, 4) is 0 Å². The van der Waals surface area contributed by atoms with Gasteiger partial charge in [-0.1, -0.05) is 17.7 Å². The van der Waals surface area contributed by atoms with Crippen LogP contribution in [0.1, 0.15) is 19.8 Å². The van der Waals surface area contributed by atoms with Crippen molar-refractivity contribution < 1.29 is 9.53 Å². The van der Waals surface area contributed by atoms with E-state index in [1.807, 2.05) is 19.1 Å². The fourth-order valence-electron chi connectivity index (χ4n) is 2.11. The summed E-state index contributed by atoms with van der Waals surface area (Å²) in [6.07, 6.45) is 2.33. The van der Waals surface area contributed by atoms with Gasteiger partial charge in [-0.25, -0.2) is 0 Å². The number of nitrogens with one attached hydrogen (secondary N) is 2. The second-order valence-corrected chi connectivity index (χ2v) is 5.12. The molecule has 0 saturated heterocycles. The number of rotatable bonds is 6. The molecule has 1 fully saturated rings. The third kappa shape index (κ3) is 4.49. The SMILES string of the molecule is CCOC1CC(NCC(=O)Nc2cccc(Cl)c2)C1. The molecule has 0 radical (unpaired) electrons. The average molecular weight is 283 g/mol. The molecule has 19 heavy (non-hydrogen) atoms. The Morgan fingerprint density at radius 2 is 2.26 bits per heavy atom. The number of carbonyl (C=O) groups excluding carboxylic acids is 1. The Hall–Kier alpha value is -1.10. The largest absolute Gasteiger partial charge is 0.378 e. The number of ether oxygens (including phenoxy) is 1. The van der Waals surface area contributed by atoms with E-state index in [1.54, 1.807) is 12.1 Å². The molecule has 1 aromatic carbocycles. The fraction of sp³-hybridized carbons (Fsp3) is 0.500. The smallest absolute Gasteiger partial charge is 0.238 e. The van der Waals surface area contributed by atoms with E-state index >= 15 is 0 Å². The number of halogens is 1. The number of amides is 1. The summed E-state index contributed by atoms with van der Waals surface area (Å²) in [4.78, 5) is 11.7. The minimum absolute atomic E-state index is 0.0536. The third-order valence-electron chi connectivity index (χ3n) is 3.16. The van der Waals surface area contributed by atoms with Crippen molar-refractivity contribution in [3.05, 3.63) is 29.3 Å². The van der Waals surface area contributed by atoms with Gasteiger partial charge < -0.3 is 15.4 Å². The molecule has 1 aliphatic rings. The molecule has 0 atom stereocenters. The Kier molecular flexibility index (Phi) is 5.19. The zero-order chi connectivity index (χ0) is 13.7. The molecule has 0 heterocycles. The second-order valence-electron chi connectivity index (χ2n) is 4.69. The van der Waals surface area contributed by atoms with Crippen LogP contribution >= 0.6 is 11.6 Å². The van der Waals surface area contributed by atoms with Crippen molar-refractivity contribution >= 4 is 23.2 Å². The molecule has 0 bridgehead atoms. The van der Waals surface area contributed by atoms with Crippen LogP contribution in [0.25, 0.3) is 0 Å². The maximum absolute atomic E-state index is 11.7. The van der Waals surface area contributed by atoms with Gasteiger partial charge in [-0.15, -0.1) is 0 Å². The monoisotopic (exact) mass is 282 g/mol. The second kappa shape index (κ2) is 6.89. The first-order valence-corrected chi connectivity index (χ1v) is 6.95. The Morgan fingerprint density at radius 3 is 2.95 bits per heavy atom. The lowest BCUT2D eigenvalue weighted by Gasteiger charge is -2.35. The van der Waals surface area contributed by atoms with Gasteiger partial charge in [-0.2, -0.15) is 0 Å². The number of carbonyl (C=O) groups is 1. The van der Waals surface area contributed by atoms with Crippen LogP contribution in [0.3, 0.4) is 0 Å². The van der Waals surface area contributed by atoms with Crippen LogP contribution in [0, 0.1) is 0 Å². The molecule has 1 saturated carbocycles. The van der Waals surface area contributed by atoms with Gasteiger partial charge in [-0.3, -0.25) is 4.79 Å². The Bertz CT molecular complexity index is 433. The Labute approximate surface area is 118 Å². The standard InChI is InChI=1S/C14H19ClN2O2/c1-2-19-13-7-12(8-13)16-9-14(18)17-11-5-3-4-10(15)6-11/h3-6,12-13,16H,2,7-9H2,1H3,(H,17,18). The van der Waals surface area contributed by atoms with Crippen LogP contribution in [0.5, 0.6) is 0 Å². The molecule has 1 amide bonds. The van der Waals surface area contributed by atoms with E-state index in [0.29, 0.717) is 23.7 Å². The predicted octanol–water partition coefficient (Wildman–Crippen LogP) is 2.44. The first-order chi connectivity index (χ1) is 9.17. The first-order valence-electron chi connectivity index (χ1n) is 6.57. The number of hydrogen-bond donors (Lipinski definition) is 2. The Morgan fingerprint density at radius 1 is 1.47 bits per heavy atom. The van der Waals surface area contributed by atoms with Gasteiger partial charge in [-0.05, 0) is 38.0 Å². The average Bonchev–Trinajstić information content (AvgIpc) is 2.32. The van der Waals surface area contributed by atoms with Crippen molar-refractivity contribution in [2.45, 2.75) is 31.9 Å². The van der Waals surface area contributed by atoms with Crippen LogP contribution in [-0.2, 0) is 9.53 Å². The highest BCUT2D eigenvalue weighted by Crippen LogP contribution is 2.23. The normalized spacial score (nSPS) is 21.8. The first kappa shape index (κ1) is 14.3. The van der Waals surface area contributed by atoms with Crippen molar-refractivity contribution in [2.75, 3.05) is 18.5 Å². The van der Waals surface area contributed by atoms with E-state index in [-0.39, 0.29) is 5.91 Å². The van der Waals surface area contributed by atoms with Gasteiger partial charge in [0.25, 0.3) is 0 Å². The summed E-state index contributed by atoms with van der Waals surface area (Å²) >= 11 is 5.85. The molecule has 1 aliphatic carbocycles. The van der Waals surface area contributed by atoms with Crippen LogP contribution in [0.2, 0.25) is 5.02 Å². The van der Waals surface area contributed by atoms with Crippen LogP contribution in [0.4, 0.5) is 5.69 Å². The van der Waals surface area contributed by atoms with E-state index in [9.17, 15) is 4.79 Å². The molecule has 104 valence electrons. The van der Waals surface area contributed by atoms with Crippen molar-refractivity contribution in [1.82, 2.24) is 5.32 Å². The zero-order valence-corrected chi connectivity index (χ0v) is 11.7. The summed E-state index contributed by atoms with van der Waals surface area (Å²) in [5.41, 5.74) is 0.722. The van der Waals surface area contributed by atoms with Gasteiger partial charge in [0.2, 0.25) is 5.91 Å². The molecule has 2 rings (SSSR count). The summed E-state index contributed by atoms with van der Waals surface area (Å²) in [6.45, 7) is 3.07. The van der Waals surface area contributed by atoms with Crippen LogP contribution in [-0.4, -0.2) is 31.2 Å². The molecule has 0 spiro atoms. The van der Waals surface area contributed by atoms with Crippen molar-refractivity contribution in [3.63, 3.8) is 0 Å². The lowest BCUT2D eigenvalue weighted by Crippen LogP contribution is -2.47. The lowest BCUT2D eigenvalue weighted by molar-refractivity contribution is -0.116. The predicted molar refractivity (Wildman–Crippen MR) is 76.5 cm³/mol. The Balaban J connectivity index is 1.66. The zero-order valence-electron chi connectivity index (χ0n) is 11.0. The summed E-state index contributed by atoms with van der Waals surface area (Å²) < 4.78 is 5.47. The van der Waals surface area contributed by atoms with Crippen LogP contribution in [0.15, 0.2) is 24.3 Å². The van der Waals surface area contributed by atoms with E-state index in [4.69, 9.17) is 16.3 Å². The molecule has 0 aliphatic heterocycles. The fourth-order valence-corrected chi connectivity index (χ4v) is 2.30. The highest BCUT2D eigenvalue weighted by molar-refractivity contribution is 6.30. The van der Waals surface area contributed by atoms with Gasteiger partial charge in [0.05, 0.1) is 12.6 Å². The van der Waals surface area contributed by atoms with Gasteiger partial charge in [0.1, 0.15) is 0 Å². The van der Waals surface area contributed by atoms with Crippen LogP contribution < -0.4 is 10.6 Å². The number of hydrogen-bond acceptors (Lipinski definition) is 3. The summed E-state index contributed by atoms with van der Waals surface area (Å²) in [6, 6.07) is 7.52. The topological polar surface area (TPSA) is 50.4 Å². The van der Waals surface area contributed by atoms with Crippen molar-refractivity contribution in [1.29, 1.82) is 0 Å². The maximum atomic E-state index is 11.7. The lowest BCUT2D eigenvalue weighted by atomic mass is 9.89. The molecule has 5 heteroatoms. The summed E-state index contributed by atoms with van der Waals surface area (Å²) in [5, 5.41) is 6.64. The summed E-state index contributed by atoms with van der Waals surface area (Å²) in [7, 11) is 0. The molecule has 4 nitrogen and oxygen atoms in total. The minimum Gasteiger partial charge on any atom is -0.378 e. The van der Waals surface area contributed by atoms with Gasteiger partial charge in [0.15, 0.2) is 0 Å². The van der Waals surface area contributed by atoms with E-state index < -0.39 is 0 Å². The minimum atomic E-state index is -0.0536. The molecule has 0 unspecified atom stereocenters. The van der Waals surface area contributed by atoms with E-state index in [2.05, 4.69) is 10.6 Å². The van der Waals surface area contributed by atoms with Crippen molar-refractivity contribution in [2.24, 2.45) is 0 Å². The maximum Gasteiger partial charge on any atom is 0.238 e. The summed E-state index contributed by atoms with van der Waals surface area (Å²) in [5.74, 6) is -0.0536.